The lowest BCUT2D eigenvalue weighted by molar-refractivity contribution is -0.236. The molecule has 274 valence electrons. The quantitative estimate of drug-likeness (QED) is 0.116. The summed E-state index contributed by atoms with van der Waals surface area (Å²) in [5.41, 5.74) is 21.6. The zero-order valence-electron chi connectivity index (χ0n) is 28.0. The number of rotatable bonds is 10. The molecule has 2 aliphatic carbocycles. The third-order valence-corrected chi connectivity index (χ3v) is 9.12. The Bertz CT molecular complexity index is 754. The maximum absolute atomic E-state index is 9.17. The normalized spacial score (nSPS) is 40.6. The summed E-state index contributed by atoms with van der Waals surface area (Å²) in [6, 6.07) is -0.0187. The van der Waals surface area contributed by atoms with Crippen molar-refractivity contribution in [3.05, 3.63) is 0 Å². The van der Waals surface area contributed by atoms with Crippen molar-refractivity contribution in [1.29, 1.82) is 0 Å². The van der Waals surface area contributed by atoms with Crippen molar-refractivity contribution in [2.45, 2.75) is 145 Å². The maximum atomic E-state index is 9.17. The van der Waals surface area contributed by atoms with E-state index < -0.39 is 30.6 Å². The Morgan fingerprint density at radius 2 is 1.52 bits per heavy atom. The Morgan fingerprint density at radius 3 is 2.13 bits per heavy atom. The van der Waals surface area contributed by atoms with Gasteiger partial charge < -0.3 is 78.0 Å². The first kappa shape index (κ1) is 41.6. The van der Waals surface area contributed by atoms with Gasteiger partial charge in [0.1, 0.15) is 12.2 Å². The fraction of sp³-hybridized carbons (Fsp3) is 1.00. The molecule has 15 N–H and O–H groups in total. The lowest BCUT2D eigenvalue weighted by Crippen LogP contribution is -2.60. The highest BCUT2D eigenvalue weighted by atomic mass is 16.7. The van der Waals surface area contributed by atoms with Crippen LogP contribution in [0.5, 0.6) is 0 Å². The topological polar surface area (TPSA) is 266 Å². The van der Waals surface area contributed by atoms with Crippen LogP contribution in [0.4, 0.5) is 0 Å². The van der Waals surface area contributed by atoms with Crippen LogP contribution in [0.3, 0.4) is 0 Å². The van der Waals surface area contributed by atoms with Gasteiger partial charge in [-0.3, -0.25) is 0 Å². The van der Waals surface area contributed by atoms with Crippen LogP contribution in [0.25, 0.3) is 0 Å². The van der Waals surface area contributed by atoms with Gasteiger partial charge in [-0.05, 0) is 84.2 Å². The average Bonchev–Trinajstić information content (AvgIpc) is 3.50. The summed E-state index contributed by atoms with van der Waals surface area (Å²) < 4.78 is 22.0. The standard InChI is InChI=1S/C13H26N2O4.C11H22N2O.C6H13NO4.CH5N/c14-9-5-10(15-3-4-16)7-12(6-9)19-13-2-1-11(8-17)18-13;12-10-5-9(6-10)7-13-8-11-3-1-2-4-14-11;1-2-4(8)5(9)3(7)6(10)11-2;1-2/h9-13,15-17H,1-8,14H2;9-11,13H,1-8,12H2;2-6,8-10H,7H2,1H3;2H2,1H3/t;;2-,3+,4+,5?,6-;/m..0./s1. The molecule has 0 aromatic heterocycles. The second-order valence-corrected chi connectivity index (χ2v) is 13.1. The number of nitrogens with two attached hydrogens (primary N) is 4. The molecule has 3 heterocycles. The molecule has 2 saturated carbocycles. The van der Waals surface area contributed by atoms with E-state index in [0.29, 0.717) is 24.7 Å². The average molecular weight is 667 g/mol. The third-order valence-electron chi connectivity index (χ3n) is 9.12. The summed E-state index contributed by atoms with van der Waals surface area (Å²) in [6.07, 6.45) is 6.96. The lowest BCUT2D eigenvalue weighted by Gasteiger charge is -2.37. The van der Waals surface area contributed by atoms with Gasteiger partial charge in [0.2, 0.25) is 0 Å². The van der Waals surface area contributed by atoms with Crippen LogP contribution >= 0.6 is 0 Å². The molecular weight excluding hydrogens is 600 g/mol. The first-order chi connectivity index (χ1) is 22.1. The molecule has 0 aromatic rings. The minimum atomic E-state index is -1.19. The number of hydrogen-bond acceptors (Lipinski definition) is 15. The lowest BCUT2D eigenvalue weighted by atomic mass is 9.81. The number of nitrogens with one attached hydrogen (secondary N) is 2. The summed E-state index contributed by atoms with van der Waals surface area (Å²) >= 11 is 0. The number of aliphatic hydroxyl groups excluding tert-OH is 5. The van der Waals surface area contributed by atoms with Gasteiger partial charge >= 0.3 is 0 Å². The number of aliphatic hydroxyl groups is 5. The van der Waals surface area contributed by atoms with Gasteiger partial charge in [0.05, 0.1) is 43.7 Å². The molecule has 3 saturated heterocycles. The third kappa shape index (κ3) is 14.9. The van der Waals surface area contributed by atoms with Crippen molar-refractivity contribution in [3.63, 3.8) is 0 Å². The van der Waals surface area contributed by atoms with Crippen molar-refractivity contribution >= 4 is 0 Å². The monoisotopic (exact) mass is 666 g/mol. The molecule has 11 atom stereocenters. The summed E-state index contributed by atoms with van der Waals surface area (Å²) in [5, 5.41) is 52.0. The Hall–Kier alpha value is -0.600. The zero-order valence-corrected chi connectivity index (χ0v) is 28.0. The number of ether oxygens (including phenoxy) is 4. The van der Waals surface area contributed by atoms with E-state index in [9.17, 15) is 5.11 Å². The number of hydrogen-bond donors (Lipinski definition) is 11. The van der Waals surface area contributed by atoms with Crippen molar-refractivity contribution in [2.75, 3.05) is 46.5 Å². The molecule has 46 heavy (non-hydrogen) atoms. The van der Waals surface area contributed by atoms with Crippen molar-refractivity contribution in [3.8, 4) is 0 Å². The summed E-state index contributed by atoms with van der Waals surface area (Å²) in [6.45, 7) is 5.48. The van der Waals surface area contributed by atoms with Crippen LogP contribution in [0, 0.1) is 5.92 Å². The molecule has 0 spiro atoms. The molecule has 0 bridgehead atoms. The van der Waals surface area contributed by atoms with Crippen LogP contribution in [-0.2, 0) is 18.9 Å². The first-order valence-corrected chi connectivity index (χ1v) is 17.2. The molecule has 15 nitrogen and oxygen atoms in total. The molecule has 5 rings (SSSR count). The fourth-order valence-electron chi connectivity index (χ4n) is 6.41. The van der Waals surface area contributed by atoms with Gasteiger partial charge in [-0.15, -0.1) is 0 Å². The van der Waals surface area contributed by atoms with E-state index in [1.54, 1.807) is 6.92 Å². The SMILES string of the molecule is CN.C[C@@H]1O[C@H](O)[C@H](N)C(O)[C@@H]1O.NC1CC(CNCC2CCCCO2)C1.NC1CC(NCCO)CC(OC2CCC(CO)O2)C1. The van der Waals surface area contributed by atoms with Crippen molar-refractivity contribution < 1.29 is 44.5 Å². The van der Waals surface area contributed by atoms with Gasteiger partial charge in [-0.2, -0.15) is 0 Å². The van der Waals surface area contributed by atoms with Gasteiger partial charge in [0.15, 0.2) is 12.6 Å². The van der Waals surface area contributed by atoms with Crippen LogP contribution in [0.1, 0.15) is 71.1 Å². The van der Waals surface area contributed by atoms with Gasteiger partial charge in [-0.1, -0.05) is 0 Å². The summed E-state index contributed by atoms with van der Waals surface area (Å²) in [5.74, 6) is 0.827. The molecular formula is C31H66N6O9. The van der Waals surface area contributed by atoms with Crippen molar-refractivity contribution in [2.24, 2.45) is 28.9 Å². The minimum absolute atomic E-state index is 0.0602. The van der Waals surface area contributed by atoms with Crippen LogP contribution in [0.15, 0.2) is 0 Å². The largest absolute Gasteiger partial charge is 0.395 e. The van der Waals surface area contributed by atoms with E-state index in [0.717, 1.165) is 57.7 Å². The minimum Gasteiger partial charge on any atom is -0.395 e. The molecule has 3 aliphatic heterocycles. The second-order valence-electron chi connectivity index (χ2n) is 13.1. The summed E-state index contributed by atoms with van der Waals surface area (Å²) in [4.78, 5) is 0. The Balaban J connectivity index is 0.000000242. The molecule has 0 amide bonds. The molecule has 5 fully saturated rings. The molecule has 5 aliphatic rings. The molecule has 0 aromatic carbocycles. The van der Waals surface area contributed by atoms with Gasteiger partial charge in [0, 0.05) is 44.2 Å². The predicted molar refractivity (Wildman–Crippen MR) is 174 cm³/mol. The van der Waals surface area contributed by atoms with Crippen LogP contribution in [-0.4, -0.2) is 145 Å². The highest BCUT2D eigenvalue weighted by Crippen LogP contribution is 2.27. The zero-order chi connectivity index (χ0) is 34.1. The first-order valence-electron chi connectivity index (χ1n) is 17.2. The van der Waals surface area contributed by atoms with E-state index in [1.165, 1.54) is 39.2 Å². The van der Waals surface area contributed by atoms with E-state index in [-0.39, 0.29) is 37.8 Å². The smallest absolute Gasteiger partial charge is 0.172 e. The van der Waals surface area contributed by atoms with Crippen LogP contribution < -0.4 is 33.6 Å². The molecule has 15 heteroatoms. The van der Waals surface area contributed by atoms with Gasteiger partial charge in [0.25, 0.3) is 0 Å². The second kappa shape index (κ2) is 22.9. The molecule has 7 unspecified atom stereocenters. The maximum Gasteiger partial charge on any atom is 0.172 e. The fourth-order valence-corrected chi connectivity index (χ4v) is 6.41. The van der Waals surface area contributed by atoms with Gasteiger partial charge in [-0.25, -0.2) is 0 Å². The Labute approximate surface area is 275 Å². The Kier molecular flexibility index (Phi) is 20.7. The van der Waals surface area contributed by atoms with Crippen molar-refractivity contribution in [1.82, 2.24) is 10.6 Å². The Morgan fingerprint density at radius 1 is 0.804 bits per heavy atom. The van der Waals surface area contributed by atoms with E-state index in [2.05, 4.69) is 16.4 Å². The van der Waals surface area contributed by atoms with E-state index in [1.807, 2.05) is 0 Å². The van der Waals surface area contributed by atoms with Crippen LogP contribution in [0.2, 0.25) is 0 Å². The van der Waals surface area contributed by atoms with E-state index >= 15 is 0 Å². The molecule has 0 radical (unpaired) electrons. The predicted octanol–water partition coefficient (Wildman–Crippen LogP) is -2.44. The highest BCUT2D eigenvalue weighted by Gasteiger charge is 2.39. The summed E-state index contributed by atoms with van der Waals surface area (Å²) in [7, 11) is 1.50. The van der Waals surface area contributed by atoms with E-state index in [4.69, 9.17) is 56.6 Å². The highest BCUT2D eigenvalue weighted by molar-refractivity contribution is 4.89.